The summed E-state index contributed by atoms with van der Waals surface area (Å²) in [6, 6.07) is 5.58. The number of benzene rings is 1. The molecular formula is C12H14BrClO2. The van der Waals surface area contributed by atoms with E-state index < -0.39 is 6.10 Å². The Bertz CT molecular complexity index is 364. The van der Waals surface area contributed by atoms with Gasteiger partial charge in [0, 0.05) is 17.7 Å². The van der Waals surface area contributed by atoms with Gasteiger partial charge in [0.25, 0.3) is 0 Å². The predicted molar refractivity (Wildman–Crippen MR) is 67.7 cm³/mol. The van der Waals surface area contributed by atoms with Crippen LogP contribution in [-0.4, -0.2) is 18.3 Å². The zero-order valence-electron chi connectivity index (χ0n) is 8.83. The van der Waals surface area contributed by atoms with Gasteiger partial charge < -0.3 is 9.84 Å². The molecule has 1 aliphatic rings. The van der Waals surface area contributed by atoms with E-state index in [0.29, 0.717) is 10.9 Å². The van der Waals surface area contributed by atoms with E-state index in [9.17, 15) is 5.11 Å². The molecule has 1 aromatic carbocycles. The number of aliphatic hydroxyl groups is 1. The minimum atomic E-state index is -0.419. The maximum Gasteiger partial charge on any atom is 0.0820 e. The molecule has 1 saturated heterocycles. The van der Waals surface area contributed by atoms with Crippen LogP contribution in [0.1, 0.15) is 24.5 Å². The van der Waals surface area contributed by atoms with E-state index in [2.05, 4.69) is 15.9 Å². The normalized spacial score (nSPS) is 19.7. The van der Waals surface area contributed by atoms with Gasteiger partial charge in [0.2, 0.25) is 0 Å². The Balaban J connectivity index is 2.12. The summed E-state index contributed by atoms with van der Waals surface area (Å²) in [6.45, 7) is 1.49. The van der Waals surface area contributed by atoms with Crippen molar-refractivity contribution < 1.29 is 9.84 Å². The summed E-state index contributed by atoms with van der Waals surface area (Å²) in [6.07, 6.45) is 1.42. The van der Waals surface area contributed by atoms with Gasteiger partial charge in [-0.15, -0.1) is 0 Å². The van der Waals surface area contributed by atoms with Gasteiger partial charge in [-0.05, 0) is 52.4 Å². The van der Waals surface area contributed by atoms with Crippen LogP contribution in [0.15, 0.2) is 22.7 Å². The summed E-state index contributed by atoms with van der Waals surface area (Å²) in [5, 5.41) is 10.9. The van der Waals surface area contributed by atoms with Crippen molar-refractivity contribution in [1.82, 2.24) is 0 Å². The number of aliphatic hydroxyl groups excluding tert-OH is 1. The first kappa shape index (κ1) is 12.4. The van der Waals surface area contributed by atoms with Gasteiger partial charge >= 0.3 is 0 Å². The Morgan fingerprint density at radius 2 is 2.06 bits per heavy atom. The Morgan fingerprint density at radius 3 is 2.69 bits per heavy atom. The van der Waals surface area contributed by atoms with Crippen LogP contribution in [-0.2, 0) is 4.74 Å². The summed E-state index contributed by atoms with van der Waals surface area (Å²) in [4.78, 5) is 0. The zero-order chi connectivity index (χ0) is 11.5. The van der Waals surface area contributed by atoms with Crippen LogP contribution in [0.2, 0.25) is 5.02 Å². The average Bonchev–Trinajstić information content (AvgIpc) is 2.33. The first-order valence-corrected chi connectivity index (χ1v) is 6.56. The summed E-state index contributed by atoms with van der Waals surface area (Å²) in [5.41, 5.74) is 0.920. The molecular weight excluding hydrogens is 291 g/mol. The molecule has 2 rings (SSSR count). The highest BCUT2D eigenvalue weighted by Gasteiger charge is 2.23. The molecule has 0 spiro atoms. The summed E-state index contributed by atoms with van der Waals surface area (Å²) >= 11 is 9.29. The molecule has 1 fully saturated rings. The van der Waals surface area contributed by atoms with Gasteiger partial charge in [0.1, 0.15) is 0 Å². The van der Waals surface area contributed by atoms with Gasteiger partial charge in [0.05, 0.1) is 11.1 Å². The van der Waals surface area contributed by atoms with E-state index in [4.69, 9.17) is 16.3 Å². The van der Waals surface area contributed by atoms with Crippen molar-refractivity contribution in [3.05, 3.63) is 33.3 Å². The quantitative estimate of drug-likeness (QED) is 0.905. The topological polar surface area (TPSA) is 29.5 Å². The lowest BCUT2D eigenvalue weighted by Gasteiger charge is -2.27. The molecule has 1 heterocycles. The van der Waals surface area contributed by atoms with E-state index in [1.54, 1.807) is 0 Å². The van der Waals surface area contributed by atoms with Crippen LogP contribution in [0.4, 0.5) is 0 Å². The summed E-state index contributed by atoms with van der Waals surface area (Å²) < 4.78 is 6.12. The Morgan fingerprint density at radius 1 is 1.38 bits per heavy atom. The summed E-state index contributed by atoms with van der Waals surface area (Å²) in [7, 11) is 0. The lowest BCUT2D eigenvalue weighted by atomic mass is 9.89. The predicted octanol–water partition coefficient (Wildman–Crippen LogP) is 3.56. The van der Waals surface area contributed by atoms with Gasteiger partial charge in [-0.3, -0.25) is 0 Å². The van der Waals surface area contributed by atoms with Crippen molar-refractivity contribution in [3.8, 4) is 0 Å². The first-order chi connectivity index (χ1) is 7.68. The maximum atomic E-state index is 10.2. The van der Waals surface area contributed by atoms with Crippen molar-refractivity contribution in [3.63, 3.8) is 0 Å². The lowest BCUT2D eigenvalue weighted by Crippen LogP contribution is -2.21. The van der Waals surface area contributed by atoms with Crippen LogP contribution in [0.25, 0.3) is 0 Å². The largest absolute Gasteiger partial charge is 0.388 e. The fourth-order valence-electron chi connectivity index (χ4n) is 2.00. The number of ether oxygens (including phenoxy) is 1. The molecule has 0 radical (unpaired) electrons. The fraction of sp³-hybridized carbons (Fsp3) is 0.500. The molecule has 0 aromatic heterocycles. The highest BCUT2D eigenvalue weighted by Crippen LogP contribution is 2.33. The number of rotatable bonds is 2. The third kappa shape index (κ3) is 2.77. The molecule has 1 unspecified atom stereocenters. The second kappa shape index (κ2) is 5.50. The fourth-order valence-corrected chi connectivity index (χ4v) is 2.51. The van der Waals surface area contributed by atoms with E-state index >= 15 is 0 Å². The van der Waals surface area contributed by atoms with Crippen molar-refractivity contribution in [1.29, 1.82) is 0 Å². The van der Waals surface area contributed by atoms with Gasteiger partial charge in [0.15, 0.2) is 0 Å². The Labute approximate surface area is 109 Å². The third-order valence-electron chi connectivity index (χ3n) is 3.00. The second-order valence-electron chi connectivity index (χ2n) is 4.07. The highest BCUT2D eigenvalue weighted by atomic mass is 79.9. The molecule has 0 bridgehead atoms. The van der Waals surface area contributed by atoms with Crippen LogP contribution in [0.3, 0.4) is 0 Å². The SMILES string of the molecule is OC(c1ccc(Cl)c(Br)c1)C1CCOCC1. The molecule has 1 atom stereocenters. The highest BCUT2D eigenvalue weighted by molar-refractivity contribution is 9.10. The monoisotopic (exact) mass is 304 g/mol. The van der Waals surface area contributed by atoms with E-state index in [1.165, 1.54) is 0 Å². The minimum Gasteiger partial charge on any atom is -0.388 e. The van der Waals surface area contributed by atoms with Crippen molar-refractivity contribution >= 4 is 27.5 Å². The molecule has 16 heavy (non-hydrogen) atoms. The molecule has 1 N–H and O–H groups in total. The van der Waals surface area contributed by atoms with Gasteiger partial charge in [-0.25, -0.2) is 0 Å². The summed E-state index contributed by atoms with van der Waals surface area (Å²) in [5.74, 6) is 0.293. The van der Waals surface area contributed by atoms with Crippen LogP contribution < -0.4 is 0 Å². The molecule has 1 aliphatic heterocycles. The van der Waals surface area contributed by atoms with Gasteiger partial charge in [-0.1, -0.05) is 17.7 Å². The number of hydrogen-bond donors (Lipinski definition) is 1. The molecule has 0 aliphatic carbocycles. The standard InChI is InChI=1S/C12H14BrClO2/c13-10-7-9(1-2-11(10)14)12(15)8-3-5-16-6-4-8/h1-2,7-8,12,15H,3-6H2. The van der Waals surface area contributed by atoms with E-state index in [-0.39, 0.29) is 0 Å². The first-order valence-electron chi connectivity index (χ1n) is 5.39. The molecule has 0 amide bonds. The third-order valence-corrected chi connectivity index (χ3v) is 4.21. The van der Waals surface area contributed by atoms with Crippen LogP contribution in [0.5, 0.6) is 0 Å². The molecule has 2 nitrogen and oxygen atoms in total. The van der Waals surface area contributed by atoms with E-state index in [0.717, 1.165) is 36.1 Å². The lowest BCUT2D eigenvalue weighted by molar-refractivity contribution is 0.00717. The zero-order valence-corrected chi connectivity index (χ0v) is 11.2. The van der Waals surface area contributed by atoms with Crippen LogP contribution >= 0.6 is 27.5 Å². The number of hydrogen-bond acceptors (Lipinski definition) is 2. The Hall–Kier alpha value is -0.0900. The molecule has 88 valence electrons. The maximum absolute atomic E-state index is 10.2. The Kier molecular flexibility index (Phi) is 4.25. The van der Waals surface area contributed by atoms with Crippen molar-refractivity contribution in [2.45, 2.75) is 18.9 Å². The smallest absolute Gasteiger partial charge is 0.0820 e. The second-order valence-corrected chi connectivity index (χ2v) is 5.33. The van der Waals surface area contributed by atoms with Gasteiger partial charge in [-0.2, -0.15) is 0 Å². The van der Waals surface area contributed by atoms with E-state index in [1.807, 2.05) is 18.2 Å². The minimum absolute atomic E-state index is 0.293. The van der Waals surface area contributed by atoms with Crippen LogP contribution in [0, 0.1) is 5.92 Å². The van der Waals surface area contributed by atoms with Crippen molar-refractivity contribution in [2.75, 3.05) is 13.2 Å². The molecule has 0 saturated carbocycles. The van der Waals surface area contributed by atoms with Crippen molar-refractivity contribution in [2.24, 2.45) is 5.92 Å². The molecule has 4 heteroatoms. The number of halogens is 2. The average molecular weight is 306 g/mol. The molecule has 1 aromatic rings.